The highest BCUT2D eigenvalue weighted by atomic mass is 35.5. The topological polar surface area (TPSA) is 52.3 Å². The van der Waals surface area contributed by atoms with Gasteiger partial charge in [-0.05, 0) is 36.5 Å². The Balaban J connectivity index is 1.93. The lowest BCUT2D eigenvalue weighted by atomic mass is 10.1. The third-order valence-corrected chi connectivity index (χ3v) is 5.04. The Morgan fingerprint density at radius 1 is 1.56 bits per heavy atom. The van der Waals surface area contributed by atoms with Crippen molar-refractivity contribution in [2.24, 2.45) is 5.41 Å². The highest BCUT2D eigenvalue weighted by Crippen LogP contribution is 2.52. The lowest BCUT2D eigenvalue weighted by Crippen LogP contribution is -2.12. The summed E-state index contributed by atoms with van der Waals surface area (Å²) in [5, 5.41) is 0.675. The molecule has 0 bridgehead atoms. The van der Waals surface area contributed by atoms with Crippen molar-refractivity contribution < 1.29 is 9.53 Å². The number of benzene rings is 1. The molecule has 0 heterocycles. The van der Waals surface area contributed by atoms with E-state index in [0.29, 0.717) is 17.1 Å². The minimum atomic E-state index is -0.128. The number of nitrogens with two attached hydrogens (primary N) is 1. The van der Waals surface area contributed by atoms with Crippen LogP contribution in [0, 0.1) is 5.41 Å². The summed E-state index contributed by atoms with van der Waals surface area (Å²) in [6.07, 6.45) is 2.67. The van der Waals surface area contributed by atoms with E-state index in [1.54, 1.807) is 17.8 Å². The fourth-order valence-electron chi connectivity index (χ4n) is 1.79. The maximum atomic E-state index is 11.3. The number of ether oxygens (including phenoxy) is 1. The molecule has 0 spiro atoms. The number of hydrogen-bond acceptors (Lipinski definition) is 4. The first kappa shape index (κ1) is 13.6. The van der Waals surface area contributed by atoms with Gasteiger partial charge in [0.2, 0.25) is 0 Å². The van der Waals surface area contributed by atoms with Gasteiger partial charge in [0, 0.05) is 16.3 Å². The molecule has 0 radical (unpaired) electrons. The fourth-order valence-corrected chi connectivity index (χ4v) is 3.36. The van der Waals surface area contributed by atoms with Gasteiger partial charge in [-0.2, -0.15) is 0 Å². The molecule has 2 N–H and O–H groups in total. The zero-order chi connectivity index (χ0) is 13.2. The van der Waals surface area contributed by atoms with Gasteiger partial charge in [0.15, 0.2) is 0 Å². The van der Waals surface area contributed by atoms with Gasteiger partial charge < -0.3 is 10.5 Å². The van der Waals surface area contributed by atoms with E-state index in [1.807, 2.05) is 12.1 Å². The third kappa shape index (κ3) is 3.33. The molecule has 1 saturated carbocycles. The van der Waals surface area contributed by atoms with Gasteiger partial charge in [0.1, 0.15) is 0 Å². The van der Waals surface area contributed by atoms with E-state index in [2.05, 4.69) is 0 Å². The lowest BCUT2D eigenvalue weighted by Gasteiger charge is -2.13. The molecule has 1 aliphatic carbocycles. The van der Waals surface area contributed by atoms with Crippen molar-refractivity contribution >= 4 is 35.0 Å². The van der Waals surface area contributed by atoms with E-state index in [1.165, 1.54) is 7.11 Å². The molecule has 0 aliphatic heterocycles. The zero-order valence-corrected chi connectivity index (χ0v) is 11.8. The second-order valence-corrected chi connectivity index (χ2v) is 6.16. The first-order valence-corrected chi connectivity index (χ1v) is 7.16. The van der Waals surface area contributed by atoms with Gasteiger partial charge in [0.05, 0.1) is 18.6 Å². The summed E-state index contributed by atoms with van der Waals surface area (Å²) in [6, 6.07) is 5.52. The number of carbonyl (C=O) groups is 1. The number of nitrogen functional groups attached to an aromatic ring is 1. The highest BCUT2D eigenvalue weighted by Gasteiger charge is 2.44. The van der Waals surface area contributed by atoms with Gasteiger partial charge in [-0.1, -0.05) is 11.6 Å². The first-order valence-electron chi connectivity index (χ1n) is 5.79. The van der Waals surface area contributed by atoms with Crippen molar-refractivity contribution in [2.75, 3.05) is 18.6 Å². The van der Waals surface area contributed by atoms with E-state index in [4.69, 9.17) is 22.1 Å². The predicted octanol–water partition coefficient (Wildman–Crippen LogP) is 3.36. The molecule has 18 heavy (non-hydrogen) atoms. The van der Waals surface area contributed by atoms with Crippen molar-refractivity contribution in [3.05, 3.63) is 23.2 Å². The van der Waals surface area contributed by atoms with Crippen molar-refractivity contribution in [2.45, 2.75) is 24.2 Å². The minimum Gasteiger partial charge on any atom is -0.469 e. The van der Waals surface area contributed by atoms with Gasteiger partial charge in [-0.25, -0.2) is 0 Å². The Kier molecular flexibility index (Phi) is 4.07. The Morgan fingerprint density at radius 2 is 2.28 bits per heavy atom. The molecule has 3 nitrogen and oxygen atoms in total. The maximum absolute atomic E-state index is 11.3. The summed E-state index contributed by atoms with van der Waals surface area (Å²) < 4.78 is 4.73. The number of thioether (sulfide) groups is 1. The molecule has 0 saturated heterocycles. The maximum Gasteiger partial charge on any atom is 0.306 e. The van der Waals surface area contributed by atoms with Crippen LogP contribution in [0.5, 0.6) is 0 Å². The Labute approximate surface area is 116 Å². The summed E-state index contributed by atoms with van der Waals surface area (Å²) in [7, 11) is 1.43. The zero-order valence-electron chi connectivity index (χ0n) is 10.2. The van der Waals surface area contributed by atoms with Crippen LogP contribution in [-0.2, 0) is 9.53 Å². The van der Waals surface area contributed by atoms with E-state index < -0.39 is 0 Å². The largest absolute Gasteiger partial charge is 0.469 e. The molecule has 1 aromatic rings. The molecular formula is C13H16ClNO2S. The molecular weight excluding hydrogens is 270 g/mol. The lowest BCUT2D eigenvalue weighted by molar-refractivity contribution is -0.141. The minimum absolute atomic E-state index is 0.114. The molecule has 0 aromatic heterocycles. The van der Waals surface area contributed by atoms with Crippen molar-refractivity contribution in [1.29, 1.82) is 0 Å². The summed E-state index contributed by atoms with van der Waals surface area (Å²) in [4.78, 5) is 12.3. The summed E-state index contributed by atoms with van der Waals surface area (Å²) in [6.45, 7) is 0. The molecule has 98 valence electrons. The van der Waals surface area contributed by atoms with Crippen LogP contribution in [0.15, 0.2) is 23.1 Å². The highest BCUT2D eigenvalue weighted by molar-refractivity contribution is 7.99. The summed E-state index contributed by atoms with van der Waals surface area (Å²) in [5.41, 5.74) is 6.43. The predicted molar refractivity (Wildman–Crippen MR) is 74.9 cm³/mol. The Bertz CT molecular complexity index is 460. The molecule has 5 heteroatoms. The van der Waals surface area contributed by atoms with Gasteiger partial charge in [-0.3, -0.25) is 4.79 Å². The fraction of sp³-hybridized carbons (Fsp3) is 0.462. The van der Waals surface area contributed by atoms with E-state index >= 15 is 0 Å². The van der Waals surface area contributed by atoms with Crippen LogP contribution in [0.25, 0.3) is 0 Å². The van der Waals surface area contributed by atoms with Crippen molar-refractivity contribution in [3.8, 4) is 0 Å². The Morgan fingerprint density at radius 3 is 2.83 bits per heavy atom. The number of rotatable bonds is 5. The number of esters is 1. The molecule has 1 aliphatic rings. The molecule has 2 rings (SSSR count). The average Bonchev–Trinajstić information content (AvgIpc) is 3.08. The summed E-state index contributed by atoms with van der Waals surface area (Å²) >= 11 is 7.80. The average molecular weight is 286 g/mol. The smallest absolute Gasteiger partial charge is 0.306 e. The summed E-state index contributed by atoms with van der Waals surface area (Å²) in [5.74, 6) is 0.766. The van der Waals surface area contributed by atoms with Crippen LogP contribution in [0.3, 0.4) is 0 Å². The van der Waals surface area contributed by atoms with Crippen molar-refractivity contribution in [3.63, 3.8) is 0 Å². The SMILES string of the molecule is COC(=O)CC1(CSc2ccc(N)cc2Cl)CC1. The molecule has 1 fully saturated rings. The molecule has 0 unspecified atom stereocenters. The van der Waals surface area contributed by atoms with Crippen LogP contribution < -0.4 is 5.73 Å². The van der Waals surface area contributed by atoms with Gasteiger partial charge in [0.25, 0.3) is 0 Å². The Hall–Kier alpha value is -0.870. The molecule has 0 amide bonds. The van der Waals surface area contributed by atoms with E-state index in [0.717, 1.165) is 23.5 Å². The molecule has 1 aromatic carbocycles. The normalized spacial score (nSPS) is 16.3. The van der Waals surface area contributed by atoms with Crippen LogP contribution in [-0.4, -0.2) is 18.8 Å². The van der Waals surface area contributed by atoms with Crippen molar-refractivity contribution in [1.82, 2.24) is 0 Å². The second-order valence-electron chi connectivity index (χ2n) is 4.73. The standard InChI is InChI=1S/C13H16ClNO2S/c1-17-12(16)7-13(4-5-13)8-18-11-3-2-9(15)6-10(11)14/h2-3,6H,4-5,7-8,15H2,1H3. The quantitative estimate of drug-likeness (QED) is 0.512. The van der Waals surface area contributed by atoms with Gasteiger partial charge >= 0.3 is 5.97 Å². The number of hydrogen-bond donors (Lipinski definition) is 1. The molecule has 0 atom stereocenters. The van der Waals surface area contributed by atoms with Crippen LogP contribution >= 0.6 is 23.4 Å². The van der Waals surface area contributed by atoms with Crippen LogP contribution in [0.2, 0.25) is 5.02 Å². The third-order valence-electron chi connectivity index (χ3n) is 3.19. The van der Waals surface area contributed by atoms with Crippen LogP contribution in [0.1, 0.15) is 19.3 Å². The van der Waals surface area contributed by atoms with Crippen LogP contribution in [0.4, 0.5) is 5.69 Å². The first-order chi connectivity index (χ1) is 8.54. The number of anilines is 1. The second kappa shape index (κ2) is 5.41. The number of methoxy groups -OCH3 is 1. The van der Waals surface area contributed by atoms with E-state index in [9.17, 15) is 4.79 Å². The monoisotopic (exact) mass is 285 g/mol. The van der Waals surface area contributed by atoms with Gasteiger partial charge in [-0.15, -0.1) is 11.8 Å². The number of carbonyl (C=O) groups excluding carboxylic acids is 1. The number of halogens is 1. The van der Waals surface area contributed by atoms with E-state index in [-0.39, 0.29) is 11.4 Å².